The number of aromatic amines is 1. The highest BCUT2D eigenvalue weighted by atomic mass is 16.3. The molecule has 1 aliphatic rings. The molecule has 0 bridgehead atoms. The van der Waals surface area contributed by atoms with E-state index in [9.17, 15) is 9.59 Å². The molecule has 1 amide bonds. The zero-order valence-corrected chi connectivity index (χ0v) is 13.0. The fraction of sp³-hybridized carbons (Fsp3) is 0.611. The van der Waals surface area contributed by atoms with E-state index >= 15 is 0 Å². The molecule has 1 saturated heterocycles. The zero-order chi connectivity index (χ0) is 36.9. The van der Waals surface area contributed by atoms with Crippen LogP contribution in [0.25, 0.3) is 11.0 Å². The molecular formula is C18H27N5O3. The Morgan fingerprint density at radius 3 is 3.15 bits per heavy atom. The van der Waals surface area contributed by atoms with Crippen LogP contribution in [0.15, 0.2) is 11.0 Å². The lowest BCUT2D eigenvalue weighted by Gasteiger charge is -2.26. The summed E-state index contributed by atoms with van der Waals surface area (Å²) in [5.74, 6) is -2.80. The van der Waals surface area contributed by atoms with Gasteiger partial charge in [-0.2, -0.15) is 5.10 Å². The monoisotopic (exact) mass is 382 g/mol. The van der Waals surface area contributed by atoms with Crippen LogP contribution in [0.4, 0.5) is 0 Å². The Morgan fingerprint density at radius 2 is 2.42 bits per heavy atom. The third kappa shape index (κ3) is 3.60. The summed E-state index contributed by atoms with van der Waals surface area (Å²) in [6, 6.07) is -3.81. The molecule has 0 unspecified atom stereocenters. The normalized spacial score (nSPS) is 39.0. The molecule has 0 spiro atoms. The van der Waals surface area contributed by atoms with Crippen LogP contribution in [0.5, 0.6) is 5.75 Å². The number of rotatable bonds is 7. The molecule has 8 nitrogen and oxygen atoms in total. The van der Waals surface area contributed by atoms with Crippen molar-refractivity contribution in [3.05, 3.63) is 22.1 Å². The van der Waals surface area contributed by atoms with Gasteiger partial charge in [0.2, 0.25) is 0 Å². The highest BCUT2D eigenvalue weighted by molar-refractivity contribution is 6.01. The number of fused-ring (bicyclic) bond motifs is 1. The van der Waals surface area contributed by atoms with Crippen molar-refractivity contribution in [2.24, 2.45) is 0 Å². The lowest BCUT2D eigenvalue weighted by Crippen LogP contribution is -2.36. The maximum Gasteiger partial charge on any atom is 0.293 e. The first-order valence-corrected chi connectivity index (χ1v) is 7.12. The van der Waals surface area contributed by atoms with Crippen molar-refractivity contribution in [3.63, 3.8) is 0 Å². The largest absolute Gasteiger partial charge is 0.506 e. The van der Waals surface area contributed by atoms with Crippen molar-refractivity contribution in [1.29, 1.82) is 1.43 Å². The van der Waals surface area contributed by atoms with Crippen molar-refractivity contribution in [2.75, 3.05) is 26.0 Å². The molecule has 26 heavy (non-hydrogen) atoms. The number of likely N-dealkylation sites (tertiary alicyclic amines) is 1. The van der Waals surface area contributed by atoms with Crippen molar-refractivity contribution in [1.82, 2.24) is 25.0 Å². The van der Waals surface area contributed by atoms with E-state index in [1.165, 1.54) is 0 Å². The van der Waals surface area contributed by atoms with Gasteiger partial charge in [-0.05, 0) is 52.4 Å². The number of nitrogens with one attached hydrogen (secondary N) is 2. The molecular weight excluding hydrogens is 334 g/mol. The van der Waals surface area contributed by atoms with Crippen LogP contribution in [0.1, 0.15) is 81.7 Å². The lowest BCUT2D eigenvalue weighted by molar-refractivity contribution is 0.0946. The number of H-pyrrole nitrogens is 1. The smallest absolute Gasteiger partial charge is 0.293 e. The third-order valence-electron chi connectivity index (χ3n) is 3.27. The Hall–Kier alpha value is -2.35. The molecule has 2 aromatic heterocycles. The van der Waals surface area contributed by atoms with Gasteiger partial charge in [0.25, 0.3) is 12.9 Å². The van der Waals surface area contributed by atoms with Gasteiger partial charge in [0, 0.05) is 37.2 Å². The van der Waals surface area contributed by atoms with Gasteiger partial charge >= 0.3 is 0 Å². The van der Waals surface area contributed by atoms with E-state index in [2.05, 4.69) is 15.3 Å². The van der Waals surface area contributed by atoms with Gasteiger partial charge in [0.15, 0.2) is 1.41 Å². The quantitative estimate of drug-likeness (QED) is 0.675. The van der Waals surface area contributed by atoms with Crippen LogP contribution in [-0.2, 0) is 0 Å². The number of piperidine rings is 1. The first-order valence-electron chi connectivity index (χ1n) is 17.5. The van der Waals surface area contributed by atoms with Crippen LogP contribution < -0.4 is 10.9 Å². The van der Waals surface area contributed by atoms with Gasteiger partial charge < -0.3 is 15.3 Å². The molecule has 1 aliphatic heterocycles. The minimum atomic E-state index is -3.90. The molecule has 2 aromatic rings. The Labute approximate surface area is 181 Å². The molecule has 142 valence electrons. The molecule has 0 atom stereocenters. The molecule has 3 heterocycles. The number of aromatic hydroxyl groups is 1. The summed E-state index contributed by atoms with van der Waals surface area (Å²) >= 11 is 0. The van der Waals surface area contributed by atoms with Gasteiger partial charge in [0.05, 0.1) is 13.0 Å². The van der Waals surface area contributed by atoms with Crippen molar-refractivity contribution in [3.8, 4) is 5.75 Å². The first kappa shape index (κ1) is 5.58. The van der Waals surface area contributed by atoms with E-state index in [0.29, 0.717) is 0 Å². The van der Waals surface area contributed by atoms with Gasteiger partial charge in [0.1, 0.15) is 17.0 Å². The van der Waals surface area contributed by atoms with Crippen molar-refractivity contribution in [2.45, 2.75) is 45.3 Å². The summed E-state index contributed by atoms with van der Waals surface area (Å²) in [7, 11) is 0. The fourth-order valence-electron chi connectivity index (χ4n) is 2.17. The van der Waals surface area contributed by atoms with Gasteiger partial charge in [-0.15, -0.1) is 0 Å². The number of carbonyl (C=O) groups excluding carboxylic acids is 1. The summed E-state index contributed by atoms with van der Waals surface area (Å²) in [5.41, 5.74) is -4.04. The van der Waals surface area contributed by atoms with E-state index < -0.39 is 110 Å². The number of pyridine rings is 1. The van der Waals surface area contributed by atoms with Gasteiger partial charge in [-0.3, -0.25) is 19.3 Å². The maximum atomic E-state index is 13.7. The molecule has 3 rings (SSSR count). The minimum absolute atomic E-state index is 0.146. The number of carbonyl (C=O) groups is 1. The van der Waals surface area contributed by atoms with Crippen LogP contribution >= 0.6 is 0 Å². The molecule has 8 heteroatoms. The molecule has 0 aromatic carbocycles. The second-order valence-electron chi connectivity index (χ2n) is 4.85. The number of aromatic nitrogens is 3. The summed E-state index contributed by atoms with van der Waals surface area (Å²) in [6.45, 7) is -20.1. The SMILES string of the molecule is [2H]Oc1c(C(=O)N([2H])CCC([2H])([2H])N2C([2H])([2H])C([2H])([2H])C([2H])([2H])C([2H])([2H])C2([2H])[2H])c(=O)n(C([2H])(C([2H])([2H])[2H])C([2H])([2H])[2H])c2[nH]ncc12. The lowest BCUT2D eigenvalue weighted by atomic mass is 10.1. The summed E-state index contributed by atoms with van der Waals surface area (Å²) < 4.78 is 167. The third-order valence-corrected chi connectivity index (χ3v) is 3.27. The predicted octanol–water partition coefficient (Wildman–Crippen LogP) is 1.62. The highest BCUT2D eigenvalue weighted by Gasteiger charge is 2.24. The summed E-state index contributed by atoms with van der Waals surface area (Å²) in [5, 5.41) is 9.23. The number of amides is 1. The summed E-state index contributed by atoms with van der Waals surface area (Å²) in [6.07, 6.45) is -12.2. The second-order valence-corrected chi connectivity index (χ2v) is 4.85. The topological polar surface area (TPSA) is 103 Å². The Balaban J connectivity index is 2.15. The standard InChI is InChI=1S/C18H27N5O3/c1-12(2)23-16-13(11-20-21-16)15(24)14(18(23)26)17(25)19-7-6-10-22-8-4-3-5-9-22/h11-12,24H,3-10H2,1-2H3,(H,19,25)(H,20,21)/i1D3,2D3,3D2,4D2,5D2,8D2,9D2,10D2,12D/hD2. The van der Waals surface area contributed by atoms with Crippen molar-refractivity contribution < 1.29 is 37.4 Å². The molecule has 0 saturated carbocycles. The summed E-state index contributed by atoms with van der Waals surface area (Å²) in [4.78, 5) is 26.6. The van der Waals surface area contributed by atoms with E-state index in [-0.39, 0.29) is 9.88 Å². The minimum Gasteiger partial charge on any atom is -0.506 e. The van der Waals surface area contributed by atoms with Crippen molar-refractivity contribution >= 4 is 16.9 Å². The number of hydrogen-bond donors (Lipinski definition) is 3. The fourth-order valence-corrected chi connectivity index (χ4v) is 2.17. The molecule has 0 radical (unpaired) electrons. The highest BCUT2D eigenvalue weighted by Crippen LogP contribution is 2.26. The first-order chi connectivity index (χ1) is 20.7. The second kappa shape index (κ2) is 7.90. The molecule has 1 fully saturated rings. The number of hydrogen-bond acceptors (Lipinski definition) is 5. The van der Waals surface area contributed by atoms with Crippen LogP contribution in [-0.4, -0.2) is 58.1 Å². The van der Waals surface area contributed by atoms with Gasteiger partial charge in [-0.1, -0.05) is 6.37 Å². The number of nitrogens with zero attached hydrogens (tertiary/aromatic N) is 3. The Morgan fingerprint density at radius 1 is 1.62 bits per heavy atom. The molecule has 3 N–H and O–H groups in total. The Bertz CT molecular complexity index is 1560. The zero-order valence-electron chi connectivity index (χ0n) is 34.0. The maximum absolute atomic E-state index is 13.7. The average Bonchev–Trinajstić information content (AvgIpc) is 3.36. The van der Waals surface area contributed by atoms with Crippen LogP contribution in [0.3, 0.4) is 0 Å². The average molecular weight is 383 g/mol. The van der Waals surface area contributed by atoms with E-state index in [0.717, 1.165) is 6.20 Å². The van der Waals surface area contributed by atoms with E-state index in [4.69, 9.17) is 28.9 Å². The predicted molar refractivity (Wildman–Crippen MR) is 99.6 cm³/mol. The molecule has 0 aliphatic carbocycles. The van der Waals surface area contributed by atoms with Crippen LogP contribution in [0, 0.1) is 0 Å². The van der Waals surface area contributed by atoms with Crippen LogP contribution in [0.2, 0.25) is 1.41 Å². The van der Waals surface area contributed by atoms with Gasteiger partial charge in [-0.25, -0.2) is 0 Å². The Kier molecular flexibility index (Phi) is 1.69. The van der Waals surface area contributed by atoms with E-state index in [1.807, 2.05) is 0 Å². The van der Waals surface area contributed by atoms with E-state index in [1.54, 1.807) is 0 Å².